The van der Waals surface area contributed by atoms with E-state index < -0.39 is 0 Å². The molecule has 6 nitrogen and oxygen atoms in total. The number of nitrogens with zero attached hydrogens (tertiary/aromatic N) is 2. The first-order chi connectivity index (χ1) is 12.4. The van der Waals surface area contributed by atoms with Crippen molar-refractivity contribution in [2.45, 2.75) is 45.7 Å². The van der Waals surface area contributed by atoms with Crippen molar-refractivity contribution in [3.8, 4) is 0 Å². The summed E-state index contributed by atoms with van der Waals surface area (Å²) in [5.74, 6) is -0.394. The van der Waals surface area contributed by atoms with Crippen LogP contribution in [-0.4, -0.2) is 27.4 Å². The van der Waals surface area contributed by atoms with Gasteiger partial charge in [0.15, 0.2) is 5.82 Å². The highest BCUT2D eigenvalue weighted by molar-refractivity contribution is 6.42. The number of carbonyl (C=O) groups is 2. The summed E-state index contributed by atoms with van der Waals surface area (Å²) in [6, 6.07) is 4.85. The Morgan fingerprint density at radius 3 is 2.62 bits per heavy atom. The van der Waals surface area contributed by atoms with Crippen LogP contribution in [0.5, 0.6) is 0 Å². The van der Waals surface area contributed by atoms with Crippen LogP contribution in [0.3, 0.4) is 0 Å². The van der Waals surface area contributed by atoms with E-state index in [-0.39, 0.29) is 23.7 Å². The second-order valence-electron chi connectivity index (χ2n) is 6.55. The standard InChI is InChI=1S/C18H20Cl2N4O2/c1-10(2)21-17(25)15-14-5-3-4-8-24(14)16(23-15)18(26)22-11-6-7-12(19)13(20)9-11/h6-7,9-10H,3-5,8H2,1-2H3,(H,21,25)(H,22,26). The van der Waals surface area contributed by atoms with Gasteiger partial charge in [-0.2, -0.15) is 0 Å². The predicted molar refractivity (Wildman–Crippen MR) is 102 cm³/mol. The van der Waals surface area contributed by atoms with Crippen LogP contribution in [0.1, 0.15) is 53.5 Å². The number of carbonyl (C=O) groups excluding carboxylic acids is 2. The van der Waals surface area contributed by atoms with E-state index in [0.717, 1.165) is 25.0 Å². The van der Waals surface area contributed by atoms with Gasteiger partial charge in [0, 0.05) is 18.3 Å². The highest BCUT2D eigenvalue weighted by Gasteiger charge is 2.27. The van der Waals surface area contributed by atoms with E-state index in [1.54, 1.807) is 18.2 Å². The molecule has 0 unspecified atom stereocenters. The fourth-order valence-electron chi connectivity index (χ4n) is 2.99. The molecule has 0 fully saturated rings. The number of imidazole rings is 1. The minimum Gasteiger partial charge on any atom is -0.348 e. The van der Waals surface area contributed by atoms with Gasteiger partial charge in [0.1, 0.15) is 5.69 Å². The molecule has 0 aliphatic carbocycles. The van der Waals surface area contributed by atoms with E-state index in [4.69, 9.17) is 23.2 Å². The number of nitrogens with one attached hydrogen (secondary N) is 2. The number of fused-ring (bicyclic) bond motifs is 1. The van der Waals surface area contributed by atoms with Crippen molar-refractivity contribution in [3.63, 3.8) is 0 Å². The van der Waals surface area contributed by atoms with Crippen LogP contribution in [0.4, 0.5) is 5.69 Å². The van der Waals surface area contributed by atoms with Gasteiger partial charge in [-0.3, -0.25) is 9.59 Å². The first-order valence-electron chi connectivity index (χ1n) is 8.53. The fourth-order valence-corrected chi connectivity index (χ4v) is 3.29. The van der Waals surface area contributed by atoms with Crippen LogP contribution in [-0.2, 0) is 13.0 Å². The number of anilines is 1. The molecule has 2 aromatic rings. The van der Waals surface area contributed by atoms with Crippen LogP contribution in [0.2, 0.25) is 10.0 Å². The quantitative estimate of drug-likeness (QED) is 0.824. The van der Waals surface area contributed by atoms with E-state index in [1.807, 2.05) is 18.4 Å². The van der Waals surface area contributed by atoms with Crippen LogP contribution in [0.25, 0.3) is 0 Å². The molecule has 1 aromatic heterocycles. The van der Waals surface area contributed by atoms with Crippen molar-refractivity contribution in [2.24, 2.45) is 0 Å². The zero-order valence-corrected chi connectivity index (χ0v) is 16.1. The molecule has 2 heterocycles. The highest BCUT2D eigenvalue weighted by atomic mass is 35.5. The largest absolute Gasteiger partial charge is 0.348 e. The minimum absolute atomic E-state index is 0.00285. The summed E-state index contributed by atoms with van der Waals surface area (Å²) in [6.07, 6.45) is 2.65. The van der Waals surface area contributed by atoms with E-state index >= 15 is 0 Å². The second-order valence-corrected chi connectivity index (χ2v) is 7.37. The fraction of sp³-hybridized carbons (Fsp3) is 0.389. The molecule has 1 aromatic carbocycles. The van der Waals surface area contributed by atoms with Crippen LogP contribution in [0, 0.1) is 0 Å². The Balaban J connectivity index is 1.91. The minimum atomic E-state index is -0.380. The SMILES string of the molecule is CC(C)NC(=O)c1nc(C(=O)Nc2ccc(Cl)c(Cl)c2)n2c1CCCC2. The Morgan fingerprint density at radius 2 is 1.92 bits per heavy atom. The molecule has 8 heteroatoms. The Hall–Kier alpha value is -2.05. The molecule has 0 radical (unpaired) electrons. The van der Waals surface area contributed by atoms with Crippen molar-refractivity contribution < 1.29 is 9.59 Å². The lowest BCUT2D eigenvalue weighted by Crippen LogP contribution is -2.31. The van der Waals surface area contributed by atoms with E-state index in [0.29, 0.717) is 28.0 Å². The van der Waals surface area contributed by atoms with Crippen molar-refractivity contribution in [2.75, 3.05) is 5.32 Å². The normalized spacial score (nSPS) is 13.4. The number of hydrogen-bond acceptors (Lipinski definition) is 3. The molecule has 0 saturated carbocycles. The molecule has 2 amide bonds. The van der Waals surface area contributed by atoms with Crippen molar-refractivity contribution in [1.29, 1.82) is 0 Å². The number of amides is 2. The summed E-state index contributed by atoms with van der Waals surface area (Å²) in [5.41, 5.74) is 1.66. The van der Waals surface area contributed by atoms with E-state index in [2.05, 4.69) is 15.6 Å². The van der Waals surface area contributed by atoms with Gasteiger partial charge in [0.05, 0.1) is 15.7 Å². The Kier molecular flexibility index (Phi) is 5.53. The Morgan fingerprint density at radius 1 is 1.15 bits per heavy atom. The first-order valence-corrected chi connectivity index (χ1v) is 9.29. The number of aromatic nitrogens is 2. The molecule has 0 spiro atoms. The summed E-state index contributed by atoms with van der Waals surface area (Å²) >= 11 is 11.9. The molecule has 2 N–H and O–H groups in total. The van der Waals surface area contributed by atoms with Crippen LogP contribution < -0.4 is 10.6 Å². The lowest BCUT2D eigenvalue weighted by Gasteiger charge is -2.17. The Labute approximate surface area is 161 Å². The molecule has 3 rings (SSSR count). The molecule has 138 valence electrons. The van der Waals surface area contributed by atoms with Gasteiger partial charge in [-0.15, -0.1) is 0 Å². The highest BCUT2D eigenvalue weighted by Crippen LogP contribution is 2.26. The third-order valence-corrected chi connectivity index (χ3v) is 4.87. The molecule has 0 atom stereocenters. The zero-order valence-electron chi connectivity index (χ0n) is 14.6. The molecule has 26 heavy (non-hydrogen) atoms. The molecule has 0 saturated heterocycles. The number of hydrogen-bond donors (Lipinski definition) is 2. The first kappa shape index (κ1) is 18.7. The van der Waals surface area contributed by atoms with Crippen molar-refractivity contribution >= 4 is 40.7 Å². The lowest BCUT2D eigenvalue weighted by molar-refractivity contribution is 0.0937. The molecular formula is C18H20Cl2N4O2. The van der Waals surface area contributed by atoms with Gasteiger partial charge in [-0.05, 0) is 51.3 Å². The zero-order chi connectivity index (χ0) is 18.8. The van der Waals surface area contributed by atoms with Crippen molar-refractivity contribution in [1.82, 2.24) is 14.9 Å². The van der Waals surface area contributed by atoms with Crippen molar-refractivity contribution in [3.05, 3.63) is 45.5 Å². The van der Waals surface area contributed by atoms with Crippen LogP contribution >= 0.6 is 23.2 Å². The van der Waals surface area contributed by atoms with Gasteiger partial charge in [0.25, 0.3) is 11.8 Å². The third-order valence-electron chi connectivity index (χ3n) is 4.13. The van der Waals surface area contributed by atoms with Gasteiger partial charge in [-0.25, -0.2) is 4.98 Å². The summed E-state index contributed by atoms with van der Waals surface area (Å²) in [5, 5.41) is 6.38. The number of rotatable bonds is 4. The summed E-state index contributed by atoms with van der Waals surface area (Å²) in [6.45, 7) is 4.44. The Bertz CT molecular complexity index is 861. The smallest absolute Gasteiger partial charge is 0.291 e. The molecular weight excluding hydrogens is 375 g/mol. The third kappa shape index (κ3) is 3.86. The summed E-state index contributed by atoms with van der Waals surface area (Å²) < 4.78 is 1.84. The average Bonchev–Trinajstić information content (AvgIpc) is 2.97. The van der Waals surface area contributed by atoms with Gasteiger partial charge < -0.3 is 15.2 Å². The van der Waals surface area contributed by atoms with Crippen LogP contribution in [0.15, 0.2) is 18.2 Å². The molecule has 1 aliphatic rings. The maximum atomic E-state index is 12.7. The van der Waals surface area contributed by atoms with Gasteiger partial charge >= 0.3 is 0 Å². The maximum absolute atomic E-state index is 12.7. The maximum Gasteiger partial charge on any atom is 0.291 e. The summed E-state index contributed by atoms with van der Waals surface area (Å²) in [4.78, 5) is 29.6. The van der Waals surface area contributed by atoms with E-state index in [9.17, 15) is 9.59 Å². The topological polar surface area (TPSA) is 76.0 Å². The lowest BCUT2D eigenvalue weighted by atomic mass is 10.1. The van der Waals surface area contributed by atoms with E-state index in [1.165, 1.54) is 0 Å². The number of halogens is 2. The molecule has 0 bridgehead atoms. The van der Waals surface area contributed by atoms with Gasteiger partial charge in [-0.1, -0.05) is 23.2 Å². The van der Waals surface area contributed by atoms with Gasteiger partial charge in [0.2, 0.25) is 0 Å². The second kappa shape index (κ2) is 7.68. The number of benzene rings is 1. The summed E-state index contributed by atoms with van der Waals surface area (Å²) in [7, 11) is 0. The predicted octanol–water partition coefficient (Wildman–Crippen LogP) is 3.92. The average molecular weight is 395 g/mol. The molecule has 1 aliphatic heterocycles. The monoisotopic (exact) mass is 394 g/mol.